The van der Waals surface area contributed by atoms with Crippen LogP contribution >= 0.6 is 0 Å². The predicted molar refractivity (Wildman–Crippen MR) is 102 cm³/mol. The van der Waals surface area contributed by atoms with Crippen molar-refractivity contribution in [3.05, 3.63) is 96.1 Å². The molecule has 0 unspecified atom stereocenters. The molecule has 0 fully saturated rings. The summed E-state index contributed by atoms with van der Waals surface area (Å²) in [5, 5.41) is 3.05. The Hall–Kier alpha value is -3.27. The van der Waals surface area contributed by atoms with Crippen molar-refractivity contribution in [2.45, 2.75) is 13.2 Å². The lowest BCUT2D eigenvalue weighted by atomic mass is 10.2. The van der Waals surface area contributed by atoms with Crippen LogP contribution in [0.4, 0.5) is 5.69 Å². The number of hydrogen-bond acceptors (Lipinski definition) is 4. The molecular weight excluding hydrogens is 326 g/mol. The van der Waals surface area contributed by atoms with Gasteiger partial charge in [0.15, 0.2) is 0 Å². The number of benzene rings is 3. The number of nitrogens with one attached hydrogen (secondary N) is 1. The van der Waals surface area contributed by atoms with Gasteiger partial charge in [0.1, 0.15) is 25.5 Å². The van der Waals surface area contributed by atoms with Gasteiger partial charge in [-0.1, -0.05) is 60.7 Å². The van der Waals surface area contributed by atoms with Crippen LogP contribution < -0.4 is 10.1 Å². The fourth-order valence-electron chi connectivity index (χ4n) is 2.37. The first-order valence-corrected chi connectivity index (χ1v) is 8.50. The van der Waals surface area contributed by atoms with Gasteiger partial charge >= 0.3 is 5.97 Å². The molecule has 3 aromatic carbocycles. The topological polar surface area (TPSA) is 47.6 Å². The molecule has 1 N–H and O–H groups in total. The van der Waals surface area contributed by atoms with E-state index in [2.05, 4.69) is 5.32 Å². The number of rotatable bonds is 8. The number of ether oxygens (including phenoxy) is 2. The molecule has 0 atom stereocenters. The Bertz CT molecular complexity index is 802. The first-order valence-electron chi connectivity index (χ1n) is 8.50. The molecule has 0 saturated carbocycles. The van der Waals surface area contributed by atoms with E-state index in [0.29, 0.717) is 6.61 Å². The lowest BCUT2D eigenvalue weighted by Crippen LogP contribution is -2.16. The summed E-state index contributed by atoms with van der Waals surface area (Å²) in [5.41, 5.74) is 2.94. The lowest BCUT2D eigenvalue weighted by molar-refractivity contribution is -0.142. The highest BCUT2D eigenvalue weighted by molar-refractivity contribution is 5.75. The van der Waals surface area contributed by atoms with E-state index in [1.54, 1.807) is 0 Å². The Labute approximate surface area is 153 Å². The molecule has 0 heterocycles. The fraction of sp³-hybridized carbons (Fsp3) is 0.136. The Morgan fingerprint density at radius 1 is 0.731 bits per heavy atom. The summed E-state index contributed by atoms with van der Waals surface area (Å²) in [5.74, 6) is 0.490. The van der Waals surface area contributed by atoms with Crippen LogP contribution in [-0.4, -0.2) is 12.5 Å². The van der Waals surface area contributed by atoms with Gasteiger partial charge in [0.25, 0.3) is 0 Å². The minimum absolute atomic E-state index is 0.122. The molecule has 0 aliphatic carbocycles. The van der Waals surface area contributed by atoms with Gasteiger partial charge in [-0.2, -0.15) is 0 Å². The predicted octanol–water partition coefficient (Wildman–Crippen LogP) is 4.42. The number of carbonyl (C=O) groups is 1. The van der Waals surface area contributed by atoms with Crippen LogP contribution in [-0.2, 0) is 22.7 Å². The molecular formula is C22H21NO3. The average molecular weight is 347 g/mol. The van der Waals surface area contributed by atoms with E-state index in [1.807, 2.05) is 84.9 Å². The van der Waals surface area contributed by atoms with Crippen LogP contribution in [0, 0.1) is 0 Å². The average Bonchev–Trinajstić information content (AvgIpc) is 2.71. The molecule has 0 saturated heterocycles. The van der Waals surface area contributed by atoms with Crippen molar-refractivity contribution in [3.8, 4) is 5.75 Å². The molecule has 26 heavy (non-hydrogen) atoms. The minimum Gasteiger partial charge on any atom is -0.489 e. The summed E-state index contributed by atoms with van der Waals surface area (Å²) in [4.78, 5) is 11.8. The quantitative estimate of drug-likeness (QED) is 0.613. The summed E-state index contributed by atoms with van der Waals surface area (Å²) in [7, 11) is 0. The van der Waals surface area contributed by atoms with Gasteiger partial charge in [-0.3, -0.25) is 4.79 Å². The van der Waals surface area contributed by atoms with E-state index in [-0.39, 0.29) is 19.1 Å². The van der Waals surface area contributed by atoms with Crippen molar-refractivity contribution in [2.24, 2.45) is 0 Å². The van der Waals surface area contributed by atoms with Crippen LogP contribution in [0.3, 0.4) is 0 Å². The zero-order valence-electron chi connectivity index (χ0n) is 14.4. The number of esters is 1. The molecule has 0 aliphatic heterocycles. The fourth-order valence-corrected chi connectivity index (χ4v) is 2.37. The van der Waals surface area contributed by atoms with Crippen LogP contribution in [0.25, 0.3) is 0 Å². The molecule has 4 heteroatoms. The summed E-state index contributed by atoms with van der Waals surface area (Å²) < 4.78 is 11.0. The van der Waals surface area contributed by atoms with Crippen molar-refractivity contribution in [2.75, 3.05) is 11.9 Å². The van der Waals surface area contributed by atoms with Crippen LogP contribution in [0.2, 0.25) is 0 Å². The van der Waals surface area contributed by atoms with Crippen molar-refractivity contribution in [1.82, 2.24) is 0 Å². The summed E-state index contributed by atoms with van der Waals surface area (Å²) in [6.45, 7) is 0.935. The molecule has 3 aromatic rings. The second-order valence-corrected chi connectivity index (χ2v) is 5.80. The number of carbonyl (C=O) groups excluding carboxylic acids is 1. The number of hydrogen-bond donors (Lipinski definition) is 1. The zero-order chi connectivity index (χ0) is 18.0. The first-order chi connectivity index (χ1) is 12.8. The monoisotopic (exact) mass is 347 g/mol. The Kier molecular flexibility index (Phi) is 6.26. The molecule has 132 valence electrons. The maximum absolute atomic E-state index is 11.8. The van der Waals surface area contributed by atoms with Gasteiger partial charge in [0.2, 0.25) is 0 Å². The van der Waals surface area contributed by atoms with Gasteiger partial charge in [0, 0.05) is 5.69 Å². The molecule has 0 aliphatic rings. The lowest BCUT2D eigenvalue weighted by Gasteiger charge is -2.09. The van der Waals surface area contributed by atoms with Gasteiger partial charge in [-0.15, -0.1) is 0 Å². The maximum atomic E-state index is 11.8. The van der Waals surface area contributed by atoms with Gasteiger partial charge < -0.3 is 14.8 Å². The Morgan fingerprint density at radius 3 is 1.92 bits per heavy atom. The van der Waals surface area contributed by atoms with Crippen molar-refractivity contribution in [1.29, 1.82) is 0 Å². The highest BCUT2D eigenvalue weighted by atomic mass is 16.5. The smallest absolute Gasteiger partial charge is 0.325 e. The highest BCUT2D eigenvalue weighted by Crippen LogP contribution is 2.17. The normalized spacial score (nSPS) is 10.2. The van der Waals surface area contributed by atoms with Crippen LogP contribution in [0.5, 0.6) is 5.75 Å². The Balaban J connectivity index is 1.40. The molecule has 0 spiro atoms. The molecule has 0 aromatic heterocycles. The molecule has 0 amide bonds. The van der Waals surface area contributed by atoms with Gasteiger partial charge in [-0.25, -0.2) is 0 Å². The molecule has 3 rings (SSSR count). The largest absolute Gasteiger partial charge is 0.489 e. The van der Waals surface area contributed by atoms with E-state index < -0.39 is 0 Å². The summed E-state index contributed by atoms with van der Waals surface area (Å²) in [6.07, 6.45) is 0. The SMILES string of the molecule is O=C(CNc1ccc(OCc2ccccc2)cc1)OCc1ccccc1. The van der Waals surface area contributed by atoms with Crippen molar-refractivity contribution in [3.63, 3.8) is 0 Å². The van der Waals surface area contributed by atoms with Crippen LogP contribution in [0.1, 0.15) is 11.1 Å². The van der Waals surface area contributed by atoms with E-state index >= 15 is 0 Å². The van der Waals surface area contributed by atoms with Crippen molar-refractivity contribution >= 4 is 11.7 Å². The van der Waals surface area contributed by atoms with E-state index in [9.17, 15) is 4.79 Å². The second kappa shape index (κ2) is 9.28. The minimum atomic E-state index is -0.293. The van der Waals surface area contributed by atoms with E-state index in [1.165, 1.54) is 0 Å². The third-order valence-corrected chi connectivity index (χ3v) is 3.78. The van der Waals surface area contributed by atoms with Gasteiger partial charge in [-0.05, 0) is 35.4 Å². The van der Waals surface area contributed by atoms with Gasteiger partial charge in [0.05, 0.1) is 0 Å². The maximum Gasteiger partial charge on any atom is 0.325 e. The number of anilines is 1. The van der Waals surface area contributed by atoms with E-state index in [4.69, 9.17) is 9.47 Å². The summed E-state index contributed by atoms with van der Waals surface area (Å²) in [6, 6.07) is 27.1. The second-order valence-electron chi connectivity index (χ2n) is 5.80. The Morgan fingerprint density at radius 2 is 1.31 bits per heavy atom. The third kappa shape index (κ3) is 5.67. The first kappa shape index (κ1) is 17.5. The van der Waals surface area contributed by atoms with E-state index in [0.717, 1.165) is 22.6 Å². The standard InChI is InChI=1S/C22H21NO3/c24-22(26-17-19-9-5-2-6-10-19)15-23-20-11-13-21(14-12-20)25-16-18-7-3-1-4-8-18/h1-14,23H,15-17H2. The molecule has 0 radical (unpaired) electrons. The summed E-state index contributed by atoms with van der Waals surface area (Å²) >= 11 is 0. The zero-order valence-corrected chi connectivity index (χ0v) is 14.4. The van der Waals surface area contributed by atoms with Crippen molar-refractivity contribution < 1.29 is 14.3 Å². The van der Waals surface area contributed by atoms with Crippen LogP contribution in [0.15, 0.2) is 84.9 Å². The molecule has 4 nitrogen and oxygen atoms in total. The third-order valence-electron chi connectivity index (χ3n) is 3.78. The molecule has 0 bridgehead atoms. The highest BCUT2D eigenvalue weighted by Gasteiger charge is 2.04.